The predicted molar refractivity (Wildman–Crippen MR) is 101 cm³/mol. The Balaban J connectivity index is 1.59. The minimum atomic E-state index is -0.342. The molecule has 0 saturated heterocycles. The van der Waals surface area contributed by atoms with Crippen molar-refractivity contribution in [3.63, 3.8) is 0 Å². The average molecular weight is 350 g/mol. The minimum Gasteiger partial charge on any atom is -0.464 e. The number of hydrazine groups is 1. The number of carbonyl (C=O) groups is 2. The Hall–Kier alpha value is -3.08. The maximum Gasteiger partial charge on any atom is 0.269 e. The molecule has 0 aliphatic carbocycles. The van der Waals surface area contributed by atoms with Crippen LogP contribution in [-0.4, -0.2) is 11.8 Å². The highest BCUT2D eigenvalue weighted by molar-refractivity contribution is 5.96. The molecule has 0 atom stereocenters. The number of nitrogens with one attached hydrogen (secondary N) is 2. The van der Waals surface area contributed by atoms with Crippen LogP contribution < -0.4 is 10.9 Å². The number of aryl methyl sites for hydroxylation is 2. The van der Waals surface area contributed by atoms with E-state index in [2.05, 4.69) is 24.7 Å². The third-order valence-electron chi connectivity index (χ3n) is 4.42. The Labute approximate surface area is 152 Å². The van der Waals surface area contributed by atoms with Crippen LogP contribution in [0.5, 0.6) is 0 Å². The predicted octanol–water partition coefficient (Wildman–Crippen LogP) is 3.56. The van der Waals surface area contributed by atoms with Crippen LogP contribution in [0.1, 0.15) is 40.9 Å². The quantitative estimate of drug-likeness (QED) is 0.691. The van der Waals surface area contributed by atoms with Gasteiger partial charge in [-0.05, 0) is 42.2 Å². The van der Waals surface area contributed by atoms with Crippen molar-refractivity contribution in [2.24, 2.45) is 0 Å². The molecule has 3 aromatic rings. The maximum absolute atomic E-state index is 12.1. The van der Waals surface area contributed by atoms with Crippen LogP contribution in [0.15, 0.2) is 53.1 Å². The summed E-state index contributed by atoms with van der Waals surface area (Å²) >= 11 is 0. The van der Waals surface area contributed by atoms with Crippen LogP contribution in [0, 0.1) is 0 Å². The van der Waals surface area contributed by atoms with E-state index < -0.39 is 0 Å². The van der Waals surface area contributed by atoms with Gasteiger partial charge in [-0.25, -0.2) is 0 Å². The lowest BCUT2D eigenvalue weighted by atomic mass is 10.1. The molecule has 0 saturated carbocycles. The van der Waals surface area contributed by atoms with E-state index in [9.17, 15) is 9.59 Å². The van der Waals surface area contributed by atoms with E-state index >= 15 is 0 Å². The highest BCUT2D eigenvalue weighted by Gasteiger charge is 2.12. The number of furan rings is 1. The molecule has 134 valence electrons. The normalized spacial score (nSPS) is 10.7. The molecule has 0 fully saturated rings. The van der Waals surface area contributed by atoms with Crippen molar-refractivity contribution >= 4 is 22.8 Å². The Morgan fingerprint density at radius 2 is 1.62 bits per heavy atom. The number of fused-ring (bicyclic) bond motifs is 1. The zero-order valence-corrected chi connectivity index (χ0v) is 15.0. The van der Waals surface area contributed by atoms with Crippen molar-refractivity contribution in [2.75, 3.05) is 0 Å². The molecule has 0 aliphatic heterocycles. The van der Waals surface area contributed by atoms with Gasteiger partial charge in [0.15, 0.2) is 0 Å². The molecule has 26 heavy (non-hydrogen) atoms. The number of hydrogen-bond donors (Lipinski definition) is 2. The second kappa shape index (κ2) is 7.87. The van der Waals surface area contributed by atoms with Gasteiger partial charge in [0, 0.05) is 16.5 Å². The third kappa shape index (κ3) is 3.94. The fourth-order valence-electron chi connectivity index (χ4n) is 2.79. The van der Waals surface area contributed by atoms with E-state index in [0.29, 0.717) is 5.56 Å². The zero-order valence-electron chi connectivity index (χ0n) is 15.0. The molecule has 0 bridgehead atoms. The Morgan fingerprint density at radius 3 is 2.31 bits per heavy atom. The van der Waals surface area contributed by atoms with E-state index in [-0.39, 0.29) is 18.2 Å². The van der Waals surface area contributed by atoms with E-state index in [1.807, 2.05) is 30.3 Å². The minimum absolute atomic E-state index is 0.132. The summed E-state index contributed by atoms with van der Waals surface area (Å²) in [7, 11) is 0. The second-order valence-corrected chi connectivity index (χ2v) is 6.17. The van der Waals surface area contributed by atoms with Crippen molar-refractivity contribution in [1.82, 2.24) is 10.9 Å². The van der Waals surface area contributed by atoms with Gasteiger partial charge in [-0.2, -0.15) is 0 Å². The molecule has 5 nitrogen and oxygen atoms in total. The molecule has 1 heterocycles. The van der Waals surface area contributed by atoms with E-state index in [4.69, 9.17) is 4.42 Å². The second-order valence-electron chi connectivity index (χ2n) is 6.17. The Kier molecular flexibility index (Phi) is 5.37. The van der Waals surface area contributed by atoms with Gasteiger partial charge in [0.25, 0.3) is 5.91 Å². The van der Waals surface area contributed by atoms with Gasteiger partial charge in [0.2, 0.25) is 5.91 Å². The van der Waals surface area contributed by atoms with Gasteiger partial charge in [-0.15, -0.1) is 0 Å². The summed E-state index contributed by atoms with van der Waals surface area (Å²) in [5.74, 6) is -0.642. The summed E-state index contributed by atoms with van der Waals surface area (Å²) in [4.78, 5) is 24.2. The van der Waals surface area contributed by atoms with Crippen molar-refractivity contribution in [3.8, 4) is 0 Å². The topological polar surface area (TPSA) is 71.3 Å². The molecule has 0 radical (unpaired) electrons. The summed E-state index contributed by atoms with van der Waals surface area (Å²) in [6.45, 7) is 4.13. The first kappa shape index (κ1) is 17.7. The summed E-state index contributed by atoms with van der Waals surface area (Å²) in [5, 5.41) is 0.916. The van der Waals surface area contributed by atoms with Crippen LogP contribution in [0.3, 0.4) is 0 Å². The molecule has 0 aliphatic rings. The molecule has 3 rings (SSSR count). The van der Waals surface area contributed by atoms with Crippen LogP contribution in [0.2, 0.25) is 0 Å². The monoisotopic (exact) mass is 350 g/mol. The highest BCUT2D eigenvalue weighted by Crippen LogP contribution is 2.23. The first-order chi connectivity index (χ1) is 12.6. The Morgan fingerprint density at radius 1 is 0.923 bits per heavy atom. The SMILES string of the molecule is CCc1ccc(C(=O)NNC(=O)Cc2coc3cc(CC)ccc23)cc1. The van der Waals surface area contributed by atoms with Gasteiger partial charge in [0.05, 0.1) is 12.7 Å². The standard InChI is InChI=1S/C21H22N2O3/c1-3-14-5-8-16(9-6-14)21(25)23-22-20(24)12-17-13-26-19-11-15(4-2)7-10-18(17)19/h5-11,13H,3-4,12H2,1-2H3,(H,22,24)(H,23,25). The average Bonchev–Trinajstić information content (AvgIpc) is 3.08. The molecule has 2 amide bonds. The third-order valence-corrected chi connectivity index (χ3v) is 4.42. The number of hydrogen-bond acceptors (Lipinski definition) is 3. The Bertz CT molecular complexity index is 926. The van der Waals surface area contributed by atoms with Crippen LogP contribution >= 0.6 is 0 Å². The summed E-state index contributed by atoms with van der Waals surface area (Å²) < 4.78 is 5.54. The number of amides is 2. The highest BCUT2D eigenvalue weighted by atomic mass is 16.3. The van der Waals surface area contributed by atoms with Crippen LogP contribution in [-0.2, 0) is 24.1 Å². The van der Waals surface area contributed by atoms with E-state index in [1.54, 1.807) is 18.4 Å². The zero-order chi connectivity index (χ0) is 18.5. The number of benzene rings is 2. The van der Waals surface area contributed by atoms with Crippen LogP contribution in [0.25, 0.3) is 11.0 Å². The molecule has 2 N–H and O–H groups in total. The van der Waals surface area contributed by atoms with Crippen molar-refractivity contribution in [3.05, 3.63) is 71.0 Å². The van der Waals surface area contributed by atoms with Gasteiger partial charge in [0.1, 0.15) is 5.58 Å². The molecule has 2 aromatic carbocycles. The molecular weight excluding hydrogens is 328 g/mol. The lowest BCUT2D eigenvalue weighted by Crippen LogP contribution is -2.42. The summed E-state index contributed by atoms with van der Waals surface area (Å²) in [6.07, 6.45) is 3.57. The number of rotatable bonds is 5. The van der Waals surface area contributed by atoms with E-state index in [1.165, 1.54) is 5.56 Å². The van der Waals surface area contributed by atoms with Gasteiger partial charge in [-0.3, -0.25) is 20.4 Å². The van der Waals surface area contributed by atoms with Crippen molar-refractivity contribution in [2.45, 2.75) is 33.1 Å². The fourth-order valence-corrected chi connectivity index (χ4v) is 2.79. The smallest absolute Gasteiger partial charge is 0.269 e. The van der Waals surface area contributed by atoms with Gasteiger partial charge >= 0.3 is 0 Å². The molecule has 0 spiro atoms. The summed E-state index contributed by atoms with van der Waals surface area (Å²) in [5.41, 5.74) is 9.31. The van der Waals surface area contributed by atoms with E-state index in [0.717, 1.165) is 34.9 Å². The number of carbonyl (C=O) groups excluding carboxylic acids is 2. The van der Waals surface area contributed by atoms with Gasteiger partial charge < -0.3 is 4.42 Å². The molecule has 5 heteroatoms. The van der Waals surface area contributed by atoms with Crippen LogP contribution in [0.4, 0.5) is 0 Å². The maximum atomic E-state index is 12.1. The molecule has 1 aromatic heterocycles. The van der Waals surface area contributed by atoms with Crippen molar-refractivity contribution in [1.29, 1.82) is 0 Å². The first-order valence-corrected chi connectivity index (χ1v) is 8.77. The molecule has 0 unspecified atom stereocenters. The fraction of sp³-hybridized carbons (Fsp3) is 0.238. The lowest BCUT2D eigenvalue weighted by molar-refractivity contribution is -0.121. The largest absolute Gasteiger partial charge is 0.464 e. The van der Waals surface area contributed by atoms with Gasteiger partial charge in [-0.1, -0.05) is 38.1 Å². The first-order valence-electron chi connectivity index (χ1n) is 8.77. The summed E-state index contributed by atoms with van der Waals surface area (Å²) in [6, 6.07) is 13.3. The lowest BCUT2D eigenvalue weighted by Gasteiger charge is -2.07. The molecular formula is C21H22N2O3. The van der Waals surface area contributed by atoms with Crippen molar-refractivity contribution < 1.29 is 14.0 Å².